The molecule has 1 aliphatic carbocycles. The summed E-state index contributed by atoms with van der Waals surface area (Å²) in [6, 6.07) is 0. The van der Waals surface area contributed by atoms with E-state index in [0.717, 1.165) is 31.7 Å². The predicted molar refractivity (Wildman–Crippen MR) is 72.5 cm³/mol. The lowest BCUT2D eigenvalue weighted by Gasteiger charge is -2.31. The predicted octanol–water partition coefficient (Wildman–Crippen LogP) is 0.552. The second-order valence-corrected chi connectivity index (χ2v) is 7.31. The highest BCUT2D eigenvalue weighted by Gasteiger charge is 2.29. The molecule has 1 saturated heterocycles. The molecular formula is C12H25N3O2S. The lowest BCUT2D eigenvalue weighted by atomic mass is 10.00. The van der Waals surface area contributed by atoms with Gasteiger partial charge in [-0.15, -0.1) is 0 Å². The van der Waals surface area contributed by atoms with Crippen molar-refractivity contribution in [3.05, 3.63) is 0 Å². The van der Waals surface area contributed by atoms with Gasteiger partial charge >= 0.3 is 0 Å². The van der Waals surface area contributed by atoms with E-state index >= 15 is 0 Å². The van der Waals surface area contributed by atoms with E-state index in [9.17, 15) is 8.42 Å². The summed E-state index contributed by atoms with van der Waals surface area (Å²) in [5, 5.41) is 3.13. The molecule has 1 unspecified atom stereocenters. The largest absolute Gasteiger partial charge is 0.319 e. The summed E-state index contributed by atoms with van der Waals surface area (Å²) in [5.41, 5.74) is 0. The van der Waals surface area contributed by atoms with E-state index in [2.05, 4.69) is 10.0 Å². The highest BCUT2D eigenvalue weighted by molar-refractivity contribution is 7.87. The van der Waals surface area contributed by atoms with Crippen molar-refractivity contribution in [1.82, 2.24) is 14.3 Å². The summed E-state index contributed by atoms with van der Waals surface area (Å²) in [4.78, 5) is 0. The van der Waals surface area contributed by atoms with Crippen molar-refractivity contribution in [2.45, 2.75) is 32.1 Å². The molecule has 1 aliphatic heterocycles. The van der Waals surface area contributed by atoms with Gasteiger partial charge in [0.2, 0.25) is 0 Å². The highest BCUT2D eigenvalue weighted by atomic mass is 32.2. The summed E-state index contributed by atoms with van der Waals surface area (Å²) in [7, 11) is -1.33. The normalized spacial score (nSPS) is 26.4. The Morgan fingerprint density at radius 2 is 2.00 bits per heavy atom. The van der Waals surface area contributed by atoms with Crippen molar-refractivity contribution in [1.29, 1.82) is 0 Å². The van der Waals surface area contributed by atoms with E-state index < -0.39 is 10.2 Å². The third-order valence-corrected chi connectivity index (χ3v) is 5.43. The van der Waals surface area contributed by atoms with Crippen LogP contribution >= 0.6 is 0 Å². The van der Waals surface area contributed by atoms with Crippen LogP contribution in [0.2, 0.25) is 0 Å². The Kier molecular flexibility index (Phi) is 5.00. The molecule has 2 fully saturated rings. The van der Waals surface area contributed by atoms with Crippen LogP contribution in [0.4, 0.5) is 0 Å². The van der Waals surface area contributed by atoms with E-state index in [1.807, 2.05) is 7.05 Å². The van der Waals surface area contributed by atoms with Gasteiger partial charge in [0.25, 0.3) is 10.2 Å². The molecule has 1 heterocycles. The van der Waals surface area contributed by atoms with E-state index in [1.54, 1.807) is 4.31 Å². The first-order valence-electron chi connectivity index (χ1n) is 7.01. The van der Waals surface area contributed by atoms with Gasteiger partial charge in [0.15, 0.2) is 0 Å². The van der Waals surface area contributed by atoms with Gasteiger partial charge in [0.1, 0.15) is 0 Å². The third kappa shape index (κ3) is 4.19. The maximum Gasteiger partial charge on any atom is 0.279 e. The molecule has 18 heavy (non-hydrogen) atoms. The minimum absolute atomic E-state index is 0.448. The molecule has 0 aromatic rings. The first-order chi connectivity index (χ1) is 8.62. The first kappa shape index (κ1) is 14.2. The average Bonchev–Trinajstić information content (AvgIpc) is 3.14. The van der Waals surface area contributed by atoms with E-state index in [0.29, 0.717) is 25.6 Å². The molecule has 106 valence electrons. The number of rotatable bonds is 7. The average molecular weight is 275 g/mol. The fourth-order valence-electron chi connectivity index (χ4n) is 2.59. The van der Waals surface area contributed by atoms with Gasteiger partial charge in [-0.25, -0.2) is 4.72 Å². The number of nitrogens with zero attached hydrogens (tertiary/aromatic N) is 1. The van der Waals surface area contributed by atoms with Gasteiger partial charge < -0.3 is 5.32 Å². The molecule has 0 aromatic heterocycles. The van der Waals surface area contributed by atoms with Crippen molar-refractivity contribution >= 4 is 10.2 Å². The molecule has 0 bridgehead atoms. The van der Waals surface area contributed by atoms with Crippen LogP contribution in [0, 0.1) is 11.8 Å². The smallest absolute Gasteiger partial charge is 0.279 e. The second kappa shape index (κ2) is 6.32. The van der Waals surface area contributed by atoms with Crippen LogP contribution in [0.25, 0.3) is 0 Å². The van der Waals surface area contributed by atoms with Crippen LogP contribution in [0.1, 0.15) is 32.1 Å². The number of piperidine rings is 1. The summed E-state index contributed by atoms with van der Waals surface area (Å²) in [6.45, 7) is 2.81. The molecule has 0 spiro atoms. The minimum atomic E-state index is -3.25. The summed E-state index contributed by atoms with van der Waals surface area (Å²) >= 11 is 0. The lowest BCUT2D eigenvalue weighted by Crippen LogP contribution is -2.47. The second-order valence-electron chi connectivity index (χ2n) is 5.56. The van der Waals surface area contributed by atoms with Crippen molar-refractivity contribution in [3.8, 4) is 0 Å². The fourth-order valence-corrected chi connectivity index (χ4v) is 3.93. The van der Waals surface area contributed by atoms with Gasteiger partial charge in [0.05, 0.1) is 0 Å². The van der Waals surface area contributed by atoms with Crippen molar-refractivity contribution in [2.75, 3.05) is 33.2 Å². The SMILES string of the molecule is CNCC1CCCN(S(=O)(=O)NCCC2CC2)C1. The minimum Gasteiger partial charge on any atom is -0.319 e. The van der Waals surface area contributed by atoms with Crippen molar-refractivity contribution in [2.24, 2.45) is 11.8 Å². The zero-order valence-corrected chi connectivity index (χ0v) is 12.0. The molecule has 0 amide bonds. The number of hydrogen-bond donors (Lipinski definition) is 2. The lowest BCUT2D eigenvalue weighted by molar-refractivity contribution is 0.261. The first-order valence-corrected chi connectivity index (χ1v) is 8.45. The Morgan fingerprint density at radius 1 is 1.22 bits per heavy atom. The molecule has 2 rings (SSSR count). The number of hydrogen-bond acceptors (Lipinski definition) is 3. The Labute approximate surface area is 110 Å². The van der Waals surface area contributed by atoms with Gasteiger partial charge in [-0.05, 0) is 44.7 Å². The Morgan fingerprint density at radius 3 is 2.67 bits per heavy atom. The summed E-state index contributed by atoms with van der Waals surface area (Å²) < 4.78 is 28.6. The molecule has 1 atom stereocenters. The van der Waals surface area contributed by atoms with E-state index in [1.165, 1.54) is 12.8 Å². The molecule has 0 radical (unpaired) electrons. The monoisotopic (exact) mass is 275 g/mol. The van der Waals surface area contributed by atoms with Crippen LogP contribution in [-0.4, -0.2) is 45.9 Å². The van der Waals surface area contributed by atoms with Gasteiger partial charge in [-0.3, -0.25) is 0 Å². The van der Waals surface area contributed by atoms with Crippen LogP contribution in [0.15, 0.2) is 0 Å². The quantitative estimate of drug-likeness (QED) is 0.713. The molecule has 6 heteroatoms. The standard InChI is InChI=1S/C12H25N3O2S/c1-13-9-12-3-2-8-15(10-12)18(16,17)14-7-6-11-4-5-11/h11-14H,2-10H2,1H3. The molecule has 2 N–H and O–H groups in total. The fraction of sp³-hybridized carbons (Fsp3) is 1.00. The van der Waals surface area contributed by atoms with E-state index in [4.69, 9.17) is 0 Å². The maximum atomic E-state index is 12.1. The Hall–Kier alpha value is -0.170. The van der Waals surface area contributed by atoms with Gasteiger partial charge in [-0.2, -0.15) is 12.7 Å². The van der Waals surface area contributed by atoms with Gasteiger partial charge in [0, 0.05) is 19.6 Å². The molecule has 5 nitrogen and oxygen atoms in total. The molecule has 1 saturated carbocycles. The van der Waals surface area contributed by atoms with Crippen LogP contribution in [-0.2, 0) is 10.2 Å². The topological polar surface area (TPSA) is 61.4 Å². The maximum absolute atomic E-state index is 12.1. The highest BCUT2D eigenvalue weighted by Crippen LogP contribution is 2.31. The van der Waals surface area contributed by atoms with Crippen molar-refractivity contribution < 1.29 is 8.42 Å². The Balaban J connectivity index is 1.79. The zero-order chi connectivity index (χ0) is 13.0. The summed E-state index contributed by atoms with van der Waals surface area (Å²) in [5.74, 6) is 1.22. The third-order valence-electron chi connectivity index (χ3n) is 3.85. The Bertz CT molecular complexity index is 352. The number of nitrogens with one attached hydrogen (secondary N) is 2. The van der Waals surface area contributed by atoms with Crippen molar-refractivity contribution in [3.63, 3.8) is 0 Å². The van der Waals surface area contributed by atoms with Gasteiger partial charge in [-0.1, -0.05) is 12.8 Å². The zero-order valence-electron chi connectivity index (χ0n) is 11.2. The van der Waals surface area contributed by atoms with Crippen LogP contribution < -0.4 is 10.0 Å². The van der Waals surface area contributed by atoms with Crippen LogP contribution in [0.5, 0.6) is 0 Å². The van der Waals surface area contributed by atoms with E-state index in [-0.39, 0.29) is 0 Å². The van der Waals surface area contributed by atoms with Crippen LogP contribution in [0.3, 0.4) is 0 Å². The molecular weight excluding hydrogens is 250 g/mol. The summed E-state index contributed by atoms with van der Waals surface area (Å²) in [6.07, 6.45) is 5.63. The molecule has 0 aromatic carbocycles. The molecule has 2 aliphatic rings.